The van der Waals surface area contributed by atoms with Crippen LogP contribution in [0.3, 0.4) is 0 Å². The molecule has 0 radical (unpaired) electrons. The second kappa shape index (κ2) is 6.68. The molecule has 90 valence electrons. The Bertz CT molecular complexity index is 307. The fraction of sp³-hybridized carbons (Fsp3) is 0.545. The average molecular weight is 246 g/mol. The third-order valence-electron chi connectivity index (χ3n) is 2.55. The minimum atomic E-state index is -0.0917. The summed E-state index contributed by atoms with van der Waals surface area (Å²) in [6, 6.07) is 3.36. The number of hydrogen-bond donors (Lipinski definition) is 1. The third-order valence-corrected chi connectivity index (χ3v) is 2.55. The van der Waals surface area contributed by atoms with Crippen molar-refractivity contribution in [3.05, 3.63) is 24.2 Å². The van der Waals surface area contributed by atoms with Gasteiger partial charge in [0, 0.05) is 6.54 Å². The van der Waals surface area contributed by atoms with Crippen LogP contribution in [0, 0.1) is 5.92 Å². The highest BCUT2D eigenvalue weighted by atomic mass is 35.5. The van der Waals surface area contributed by atoms with Crippen molar-refractivity contribution in [3.63, 3.8) is 0 Å². The number of furan rings is 1. The van der Waals surface area contributed by atoms with Gasteiger partial charge in [0.15, 0.2) is 5.76 Å². The summed E-state index contributed by atoms with van der Waals surface area (Å²) in [6.07, 6.45) is 2.63. The quantitative estimate of drug-likeness (QED) is 0.799. The minimum absolute atomic E-state index is 0. The lowest BCUT2D eigenvalue weighted by Crippen LogP contribution is -2.17. The molecule has 1 saturated heterocycles. The van der Waals surface area contributed by atoms with Gasteiger partial charge in [-0.05, 0) is 31.0 Å². The first-order valence-electron chi connectivity index (χ1n) is 5.21. The standard InChI is InChI=1S/C11H15NO3.ClH/c13-10(11-2-1-5-15-11)8-14-7-9-3-4-12-6-9;/h1-2,5,9,12H,3-4,6-8H2;1H. The molecule has 1 aromatic rings. The third kappa shape index (κ3) is 3.63. The lowest BCUT2D eigenvalue weighted by molar-refractivity contribution is 0.0667. The Balaban J connectivity index is 0.00000128. The first kappa shape index (κ1) is 13.2. The molecule has 1 N–H and O–H groups in total. The second-order valence-electron chi connectivity index (χ2n) is 3.77. The van der Waals surface area contributed by atoms with Crippen LogP contribution in [0.25, 0.3) is 0 Å². The van der Waals surface area contributed by atoms with Crippen molar-refractivity contribution in [2.24, 2.45) is 5.92 Å². The van der Waals surface area contributed by atoms with Gasteiger partial charge in [0.1, 0.15) is 6.61 Å². The molecule has 1 aliphatic rings. The molecule has 0 spiro atoms. The number of hydrogen-bond acceptors (Lipinski definition) is 4. The summed E-state index contributed by atoms with van der Waals surface area (Å²) in [5.74, 6) is 0.833. The van der Waals surface area contributed by atoms with Gasteiger partial charge in [0.05, 0.1) is 12.9 Å². The van der Waals surface area contributed by atoms with Crippen molar-refractivity contribution >= 4 is 18.2 Å². The fourth-order valence-corrected chi connectivity index (χ4v) is 1.68. The number of ketones is 1. The number of rotatable bonds is 5. The van der Waals surface area contributed by atoms with E-state index in [0.717, 1.165) is 19.5 Å². The maximum atomic E-state index is 11.4. The van der Waals surface area contributed by atoms with Gasteiger partial charge in [-0.3, -0.25) is 4.79 Å². The molecule has 1 atom stereocenters. The predicted molar refractivity (Wildman–Crippen MR) is 62.1 cm³/mol. The van der Waals surface area contributed by atoms with Gasteiger partial charge in [-0.25, -0.2) is 0 Å². The van der Waals surface area contributed by atoms with Crippen LogP contribution in [0.4, 0.5) is 0 Å². The molecule has 1 unspecified atom stereocenters. The summed E-state index contributed by atoms with van der Waals surface area (Å²) in [5.41, 5.74) is 0. The van der Waals surface area contributed by atoms with E-state index in [-0.39, 0.29) is 24.8 Å². The van der Waals surface area contributed by atoms with E-state index in [9.17, 15) is 4.79 Å². The monoisotopic (exact) mass is 245 g/mol. The van der Waals surface area contributed by atoms with E-state index in [1.54, 1.807) is 12.1 Å². The van der Waals surface area contributed by atoms with E-state index in [4.69, 9.17) is 9.15 Å². The molecule has 0 saturated carbocycles. The summed E-state index contributed by atoms with van der Waals surface area (Å²) in [7, 11) is 0. The van der Waals surface area contributed by atoms with Gasteiger partial charge in [-0.1, -0.05) is 0 Å². The van der Waals surface area contributed by atoms with Crippen molar-refractivity contribution < 1.29 is 13.9 Å². The highest BCUT2D eigenvalue weighted by Gasteiger charge is 2.15. The zero-order valence-corrected chi connectivity index (χ0v) is 9.79. The fourth-order valence-electron chi connectivity index (χ4n) is 1.68. The molecule has 16 heavy (non-hydrogen) atoms. The first-order chi connectivity index (χ1) is 7.36. The van der Waals surface area contributed by atoms with Crippen molar-refractivity contribution in [2.45, 2.75) is 6.42 Å². The smallest absolute Gasteiger partial charge is 0.223 e. The highest BCUT2D eigenvalue weighted by molar-refractivity contribution is 5.94. The molecule has 2 heterocycles. The minimum Gasteiger partial charge on any atom is -0.461 e. The highest BCUT2D eigenvalue weighted by Crippen LogP contribution is 2.08. The van der Waals surface area contributed by atoms with Gasteiger partial charge >= 0.3 is 0 Å². The molecule has 0 bridgehead atoms. The van der Waals surface area contributed by atoms with Crippen LogP contribution >= 0.6 is 12.4 Å². The SMILES string of the molecule is Cl.O=C(COCC1CCNC1)c1ccco1. The predicted octanol–water partition coefficient (Wildman–Crippen LogP) is 1.51. The van der Waals surface area contributed by atoms with Crippen molar-refractivity contribution in [2.75, 3.05) is 26.3 Å². The number of carbonyl (C=O) groups is 1. The van der Waals surface area contributed by atoms with Crippen molar-refractivity contribution in [1.82, 2.24) is 5.32 Å². The molecule has 1 aliphatic heterocycles. The number of carbonyl (C=O) groups excluding carboxylic acids is 1. The van der Waals surface area contributed by atoms with Crippen LogP contribution in [-0.4, -0.2) is 32.1 Å². The van der Waals surface area contributed by atoms with E-state index in [1.165, 1.54) is 6.26 Å². The summed E-state index contributed by atoms with van der Waals surface area (Å²) < 4.78 is 10.3. The Morgan fingerprint density at radius 1 is 1.62 bits per heavy atom. The Kier molecular flexibility index (Phi) is 5.52. The first-order valence-corrected chi connectivity index (χ1v) is 5.21. The normalized spacial score (nSPS) is 19.4. The molecule has 1 fully saturated rings. The van der Waals surface area contributed by atoms with Gasteiger partial charge in [-0.15, -0.1) is 12.4 Å². The van der Waals surface area contributed by atoms with E-state index in [1.807, 2.05) is 0 Å². The summed E-state index contributed by atoms with van der Waals surface area (Å²) in [6.45, 7) is 2.82. The lowest BCUT2D eigenvalue weighted by Gasteiger charge is -2.07. The molecule has 2 rings (SSSR count). The van der Waals surface area contributed by atoms with Crippen LogP contribution < -0.4 is 5.32 Å². The van der Waals surface area contributed by atoms with E-state index < -0.39 is 0 Å². The van der Waals surface area contributed by atoms with Crippen LogP contribution in [0.15, 0.2) is 22.8 Å². The van der Waals surface area contributed by atoms with Gasteiger partial charge < -0.3 is 14.5 Å². The molecule has 1 aromatic heterocycles. The van der Waals surface area contributed by atoms with Crippen LogP contribution in [0.1, 0.15) is 17.0 Å². The van der Waals surface area contributed by atoms with Gasteiger partial charge in [0.2, 0.25) is 5.78 Å². The van der Waals surface area contributed by atoms with E-state index in [0.29, 0.717) is 18.3 Å². The number of ether oxygens (including phenoxy) is 1. The van der Waals surface area contributed by atoms with Crippen molar-refractivity contribution in [3.8, 4) is 0 Å². The maximum absolute atomic E-state index is 11.4. The molecule has 5 heteroatoms. The van der Waals surface area contributed by atoms with Gasteiger partial charge in [-0.2, -0.15) is 0 Å². The zero-order valence-electron chi connectivity index (χ0n) is 8.98. The van der Waals surface area contributed by atoms with Crippen LogP contribution in [0.2, 0.25) is 0 Å². The number of Topliss-reactive ketones (excluding diaryl/α,β-unsaturated/α-hetero) is 1. The van der Waals surface area contributed by atoms with Crippen LogP contribution in [-0.2, 0) is 4.74 Å². The topological polar surface area (TPSA) is 51.5 Å². The number of nitrogens with one attached hydrogen (secondary N) is 1. The Labute approximate surface area is 101 Å². The summed E-state index contributed by atoms with van der Waals surface area (Å²) >= 11 is 0. The van der Waals surface area contributed by atoms with Crippen molar-refractivity contribution in [1.29, 1.82) is 0 Å². The Morgan fingerprint density at radius 2 is 2.50 bits per heavy atom. The molecule has 0 amide bonds. The van der Waals surface area contributed by atoms with E-state index in [2.05, 4.69) is 5.32 Å². The molecular formula is C11H16ClNO3. The molecule has 4 nitrogen and oxygen atoms in total. The summed E-state index contributed by atoms with van der Waals surface area (Å²) in [4.78, 5) is 11.4. The zero-order chi connectivity index (χ0) is 10.5. The molecule has 0 aliphatic carbocycles. The lowest BCUT2D eigenvalue weighted by atomic mass is 10.1. The largest absolute Gasteiger partial charge is 0.461 e. The summed E-state index contributed by atoms with van der Waals surface area (Å²) in [5, 5.41) is 3.25. The van der Waals surface area contributed by atoms with Crippen LogP contribution in [0.5, 0.6) is 0 Å². The number of halogens is 1. The maximum Gasteiger partial charge on any atom is 0.223 e. The molecular weight excluding hydrogens is 230 g/mol. The molecule has 0 aromatic carbocycles. The van der Waals surface area contributed by atoms with Gasteiger partial charge in [0.25, 0.3) is 0 Å². The average Bonchev–Trinajstić information content (AvgIpc) is 2.90. The Morgan fingerprint density at radius 3 is 3.12 bits per heavy atom. The Hall–Kier alpha value is -0.840. The second-order valence-corrected chi connectivity index (χ2v) is 3.77. The van der Waals surface area contributed by atoms with E-state index >= 15 is 0 Å².